The van der Waals surface area contributed by atoms with Gasteiger partial charge >= 0.3 is 0 Å². The Balaban J connectivity index is 2.81. The van der Waals surface area contributed by atoms with Gasteiger partial charge in [0, 0.05) is 20.3 Å². The molecular weight excluding hydrogens is 244 g/mol. The van der Waals surface area contributed by atoms with Crippen molar-refractivity contribution in [1.82, 2.24) is 10.2 Å². The zero-order chi connectivity index (χ0) is 14.6. The number of hydrogen-bond donors (Lipinski definition) is 1. The van der Waals surface area contributed by atoms with Crippen LogP contribution in [0.15, 0.2) is 0 Å². The predicted molar refractivity (Wildman–Crippen MR) is 73.7 cm³/mol. The number of nitrogens with one attached hydrogen (secondary N) is 1. The van der Waals surface area contributed by atoms with Crippen molar-refractivity contribution in [3.05, 3.63) is 0 Å². The highest BCUT2D eigenvalue weighted by atomic mass is 16.5. The number of amides is 2. The quantitative estimate of drug-likeness (QED) is 0.788. The molecule has 1 N–H and O–H groups in total. The molecule has 2 atom stereocenters. The molecule has 19 heavy (non-hydrogen) atoms. The Hall–Kier alpha value is -1.10. The molecule has 1 saturated heterocycles. The van der Waals surface area contributed by atoms with Crippen molar-refractivity contribution in [2.24, 2.45) is 5.41 Å². The third-order valence-corrected chi connectivity index (χ3v) is 3.66. The van der Waals surface area contributed by atoms with Crippen molar-refractivity contribution in [3.8, 4) is 0 Å². The third-order valence-electron chi connectivity index (χ3n) is 3.66. The molecule has 1 aliphatic rings. The van der Waals surface area contributed by atoms with Gasteiger partial charge in [0.05, 0.1) is 0 Å². The molecule has 0 saturated carbocycles. The Kier molecular flexibility index (Phi) is 5.35. The maximum Gasteiger partial charge on any atom is 0.245 e. The van der Waals surface area contributed by atoms with Gasteiger partial charge in [0.1, 0.15) is 12.1 Å². The van der Waals surface area contributed by atoms with Gasteiger partial charge in [-0.15, -0.1) is 0 Å². The molecule has 1 aliphatic heterocycles. The predicted octanol–water partition coefficient (Wildman–Crippen LogP) is 1.17. The monoisotopic (exact) mass is 270 g/mol. The summed E-state index contributed by atoms with van der Waals surface area (Å²) in [5.41, 5.74) is -0.0591. The summed E-state index contributed by atoms with van der Waals surface area (Å²) < 4.78 is 5.11. The highest BCUT2D eigenvalue weighted by Gasteiger charge is 2.39. The molecule has 1 heterocycles. The summed E-state index contributed by atoms with van der Waals surface area (Å²) in [5, 5.41) is 2.73. The number of piperazine rings is 1. The first-order chi connectivity index (χ1) is 8.82. The summed E-state index contributed by atoms with van der Waals surface area (Å²) in [6, 6.07) is -0.765. The second-order valence-corrected chi connectivity index (χ2v) is 6.03. The summed E-state index contributed by atoms with van der Waals surface area (Å²) in [6.45, 7) is 9.12. The number of methoxy groups -OCH3 is 1. The lowest BCUT2D eigenvalue weighted by Crippen LogP contribution is -2.63. The lowest BCUT2D eigenvalue weighted by Gasteiger charge is -2.41. The van der Waals surface area contributed by atoms with E-state index in [2.05, 4.69) is 19.2 Å². The average Bonchev–Trinajstić information content (AvgIpc) is 2.33. The van der Waals surface area contributed by atoms with Crippen LogP contribution < -0.4 is 5.32 Å². The van der Waals surface area contributed by atoms with E-state index in [0.717, 1.165) is 6.42 Å². The normalized spacial score (nSPS) is 24.6. The number of hydrogen-bond acceptors (Lipinski definition) is 3. The van der Waals surface area contributed by atoms with Crippen molar-refractivity contribution in [1.29, 1.82) is 0 Å². The van der Waals surface area contributed by atoms with Gasteiger partial charge in [0.25, 0.3) is 0 Å². The summed E-state index contributed by atoms with van der Waals surface area (Å²) in [5.74, 6) is -0.0333. The van der Waals surface area contributed by atoms with Crippen molar-refractivity contribution < 1.29 is 14.3 Å². The fourth-order valence-electron chi connectivity index (χ4n) is 2.43. The molecular formula is C14H26N2O3. The molecule has 110 valence electrons. The van der Waals surface area contributed by atoms with Crippen LogP contribution in [0.5, 0.6) is 0 Å². The summed E-state index contributed by atoms with van der Waals surface area (Å²) in [6.07, 6.45) is 1.50. The standard InChI is InChI=1S/C14H26N2O3/c1-6-11-12(17)15-10(2)13(18)16(11)9-14(3,4)7-8-19-5/h10-11H,6-9H2,1-5H3,(H,15,17). The van der Waals surface area contributed by atoms with Crippen molar-refractivity contribution in [2.75, 3.05) is 20.3 Å². The molecule has 1 fully saturated rings. The van der Waals surface area contributed by atoms with Gasteiger partial charge in [-0.05, 0) is 25.2 Å². The first-order valence-electron chi connectivity index (χ1n) is 6.92. The number of carbonyl (C=O) groups excluding carboxylic acids is 2. The minimum atomic E-state index is -0.423. The summed E-state index contributed by atoms with van der Waals surface area (Å²) in [7, 11) is 1.67. The van der Waals surface area contributed by atoms with Gasteiger partial charge in [0.2, 0.25) is 11.8 Å². The lowest BCUT2D eigenvalue weighted by atomic mass is 9.87. The third kappa shape index (κ3) is 3.93. The van der Waals surface area contributed by atoms with Crippen LogP contribution in [-0.4, -0.2) is 49.1 Å². The molecule has 0 aliphatic carbocycles. The highest BCUT2D eigenvalue weighted by Crippen LogP contribution is 2.25. The molecule has 0 radical (unpaired) electrons. The van der Waals surface area contributed by atoms with Crippen LogP contribution in [0.3, 0.4) is 0 Å². The molecule has 0 spiro atoms. The van der Waals surface area contributed by atoms with Gasteiger partial charge in [-0.3, -0.25) is 9.59 Å². The minimum absolute atomic E-state index is 0.0111. The molecule has 2 unspecified atom stereocenters. The topological polar surface area (TPSA) is 58.6 Å². The van der Waals surface area contributed by atoms with Crippen LogP contribution >= 0.6 is 0 Å². The molecule has 1 rings (SSSR count). The Morgan fingerprint density at radius 3 is 2.53 bits per heavy atom. The van der Waals surface area contributed by atoms with E-state index < -0.39 is 6.04 Å². The minimum Gasteiger partial charge on any atom is -0.385 e. The van der Waals surface area contributed by atoms with E-state index in [1.165, 1.54) is 0 Å². The van der Waals surface area contributed by atoms with Crippen LogP contribution in [0.1, 0.15) is 40.5 Å². The highest BCUT2D eigenvalue weighted by molar-refractivity contribution is 5.96. The second-order valence-electron chi connectivity index (χ2n) is 6.03. The molecule has 5 nitrogen and oxygen atoms in total. The van der Waals surface area contributed by atoms with Crippen molar-refractivity contribution in [3.63, 3.8) is 0 Å². The second kappa shape index (κ2) is 6.37. The summed E-state index contributed by atoms with van der Waals surface area (Å²) >= 11 is 0. The van der Waals surface area contributed by atoms with Crippen LogP contribution in [0, 0.1) is 5.41 Å². The van der Waals surface area contributed by atoms with Gasteiger partial charge in [-0.1, -0.05) is 20.8 Å². The van der Waals surface area contributed by atoms with Gasteiger partial charge in [-0.25, -0.2) is 0 Å². The molecule has 0 aromatic heterocycles. The Labute approximate surface area is 115 Å². The van der Waals surface area contributed by atoms with Gasteiger partial charge < -0.3 is 15.0 Å². The van der Waals surface area contributed by atoms with Crippen LogP contribution in [0.2, 0.25) is 0 Å². The van der Waals surface area contributed by atoms with Crippen molar-refractivity contribution >= 4 is 11.8 Å². The molecule has 0 aromatic carbocycles. The molecule has 0 aromatic rings. The van der Waals surface area contributed by atoms with E-state index in [1.807, 2.05) is 6.92 Å². The van der Waals surface area contributed by atoms with Gasteiger partial charge in [-0.2, -0.15) is 0 Å². The van der Waals surface area contributed by atoms with Crippen LogP contribution in [-0.2, 0) is 14.3 Å². The number of carbonyl (C=O) groups is 2. The summed E-state index contributed by atoms with van der Waals surface area (Å²) in [4.78, 5) is 26.0. The van der Waals surface area contributed by atoms with Crippen LogP contribution in [0.25, 0.3) is 0 Å². The Morgan fingerprint density at radius 1 is 1.37 bits per heavy atom. The van der Waals surface area contributed by atoms with E-state index in [9.17, 15) is 9.59 Å². The smallest absolute Gasteiger partial charge is 0.245 e. The van der Waals surface area contributed by atoms with E-state index in [4.69, 9.17) is 4.74 Å². The molecule has 5 heteroatoms. The fraction of sp³-hybridized carbons (Fsp3) is 0.857. The van der Waals surface area contributed by atoms with E-state index in [-0.39, 0.29) is 23.3 Å². The SMILES string of the molecule is CCC1C(=O)NC(C)C(=O)N1CC(C)(C)CCOC. The maximum absolute atomic E-state index is 12.3. The molecule has 0 bridgehead atoms. The van der Waals surface area contributed by atoms with Crippen LogP contribution in [0.4, 0.5) is 0 Å². The zero-order valence-corrected chi connectivity index (χ0v) is 12.7. The van der Waals surface area contributed by atoms with Gasteiger partial charge in [0.15, 0.2) is 0 Å². The van der Waals surface area contributed by atoms with E-state index in [1.54, 1.807) is 18.9 Å². The van der Waals surface area contributed by atoms with Crippen molar-refractivity contribution in [2.45, 2.75) is 52.6 Å². The Bertz CT molecular complexity index is 342. The largest absolute Gasteiger partial charge is 0.385 e. The van der Waals surface area contributed by atoms with E-state index >= 15 is 0 Å². The first kappa shape index (κ1) is 16.0. The fourth-order valence-corrected chi connectivity index (χ4v) is 2.43. The lowest BCUT2D eigenvalue weighted by molar-refractivity contribution is -0.150. The van der Waals surface area contributed by atoms with E-state index in [0.29, 0.717) is 19.6 Å². The number of rotatable bonds is 6. The number of nitrogens with zero attached hydrogens (tertiary/aromatic N) is 1. The average molecular weight is 270 g/mol. The maximum atomic E-state index is 12.3. The Morgan fingerprint density at radius 2 is 2.00 bits per heavy atom. The number of ether oxygens (including phenoxy) is 1. The molecule has 2 amide bonds. The first-order valence-corrected chi connectivity index (χ1v) is 6.92. The zero-order valence-electron chi connectivity index (χ0n) is 12.7.